The van der Waals surface area contributed by atoms with Crippen LogP contribution in [0.2, 0.25) is 0 Å². The van der Waals surface area contributed by atoms with Crippen molar-refractivity contribution in [1.82, 2.24) is 0 Å². The minimum atomic E-state index is -0.284. The summed E-state index contributed by atoms with van der Waals surface area (Å²) in [5.74, 6) is 1.76. The van der Waals surface area contributed by atoms with Gasteiger partial charge in [-0.3, -0.25) is 0 Å². The molecule has 0 bridgehead atoms. The maximum absolute atomic E-state index is 9.64. The molecule has 0 aromatic heterocycles. The first-order valence-electron chi connectivity index (χ1n) is 6.01. The second kappa shape index (κ2) is 6.50. The minimum absolute atomic E-state index is 0.284. The zero-order chi connectivity index (χ0) is 12.8. The Bertz CT molecular complexity index is 347. The lowest BCUT2D eigenvalue weighted by atomic mass is 9.92. The van der Waals surface area contributed by atoms with Crippen LogP contribution in [-0.2, 0) is 6.42 Å². The molecule has 96 valence electrons. The average molecular weight is 238 g/mol. The van der Waals surface area contributed by atoms with Crippen molar-refractivity contribution in [3.63, 3.8) is 0 Å². The highest BCUT2D eigenvalue weighted by Crippen LogP contribution is 2.29. The Morgan fingerprint density at radius 3 is 2.29 bits per heavy atom. The monoisotopic (exact) mass is 238 g/mol. The van der Waals surface area contributed by atoms with Crippen molar-refractivity contribution in [2.75, 3.05) is 14.2 Å². The predicted molar refractivity (Wildman–Crippen MR) is 68.7 cm³/mol. The van der Waals surface area contributed by atoms with Crippen molar-refractivity contribution < 1.29 is 14.6 Å². The van der Waals surface area contributed by atoms with Crippen LogP contribution in [0.3, 0.4) is 0 Å². The Morgan fingerprint density at radius 1 is 1.18 bits per heavy atom. The first-order chi connectivity index (χ1) is 8.12. The van der Waals surface area contributed by atoms with E-state index >= 15 is 0 Å². The summed E-state index contributed by atoms with van der Waals surface area (Å²) in [5.41, 5.74) is 1.16. The van der Waals surface area contributed by atoms with Gasteiger partial charge in [-0.1, -0.05) is 19.4 Å². The van der Waals surface area contributed by atoms with Crippen LogP contribution in [0, 0.1) is 5.92 Å². The van der Waals surface area contributed by atoms with Gasteiger partial charge in [0.05, 0.1) is 20.3 Å². The van der Waals surface area contributed by atoms with Gasteiger partial charge < -0.3 is 14.6 Å². The van der Waals surface area contributed by atoms with Gasteiger partial charge in [0, 0.05) is 0 Å². The summed E-state index contributed by atoms with van der Waals surface area (Å²) in [4.78, 5) is 0. The number of ether oxygens (including phenoxy) is 2. The molecule has 0 saturated carbocycles. The highest BCUT2D eigenvalue weighted by atomic mass is 16.5. The lowest BCUT2D eigenvalue weighted by Gasteiger charge is -2.18. The summed E-state index contributed by atoms with van der Waals surface area (Å²) in [7, 11) is 3.26. The second-order valence-electron chi connectivity index (χ2n) is 4.30. The number of methoxy groups -OCH3 is 2. The van der Waals surface area contributed by atoms with Gasteiger partial charge in [-0.25, -0.2) is 0 Å². The van der Waals surface area contributed by atoms with Crippen LogP contribution in [0.5, 0.6) is 11.5 Å². The SMILES string of the molecule is CCC(Cc1ccc(OC)c(OC)c1)C(C)O. The molecule has 1 aromatic carbocycles. The number of aliphatic hydroxyl groups excluding tert-OH is 1. The molecule has 1 N–H and O–H groups in total. The number of aliphatic hydroxyl groups is 1. The fourth-order valence-corrected chi connectivity index (χ4v) is 1.97. The van der Waals surface area contributed by atoms with Crippen LogP contribution >= 0.6 is 0 Å². The van der Waals surface area contributed by atoms with Crippen molar-refractivity contribution >= 4 is 0 Å². The molecular weight excluding hydrogens is 216 g/mol. The van der Waals surface area contributed by atoms with E-state index in [4.69, 9.17) is 9.47 Å². The van der Waals surface area contributed by atoms with E-state index in [1.165, 1.54) is 0 Å². The Morgan fingerprint density at radius 2 is 1.82 bits per heavy atom. The molecule has 17 heavy (non-hydrogen) atoms. The van der Waals surface area contributed by atoms with E-state index in [0.29, 0.717) is 0 Å². The Labute approximate surface area is 103 Å². The van der Waals surface area contributed by atoms with Gasteiger partial charge in [0.1, 0.15) is 0 Å². The van der Waals surface area contributed by atoms with Gasteiger partial charge in [0.15, 0.2) is 11.5 Å². The summed E-state index contributed by atoms with van der Waals surface area (Å²) < 4.78 is 10.5. The Balaban J connectivity index is 2.85. The number of benzene rings is 1. The third-order valence-corrected chi connectivity index (χ3v) is 3.15. The molecule has 0 heterocycles. The van der Waals surface area contributed by atoms with E-state index in [1.807, 2.05) is 25.1 Å². The van der Waals surface area contributed by atoms with Crippen molar-refractivity contribution in [3.8, 4) is 11.5 Å². The topological polar surface area (TPSA) is 38.7 Å². The first kappa shape index (κ1) is 13.8. The van der Waals surface area contributed by atoms with Gasteiger partial charge in [-0.15, -0.1) is 0 Å². The fraction of sp³-hybridized carbons (Fsp3) is 0.571. The highest BCUT2D eigenvalue weighted by Gasteiger charge is 2.14. The molecule has 2 atom stereocenters. The van der Waals surface area contributed by atoms with Crippen molar-refractivity contribution in [1.29, 1.82) is 0 Å². The third kappa shape index (κ3) is 3.63. The molecule has 0 fully saturated rings. The zero-order valence-corrected chi connectivity index (χ0v) is 11.1. The lowest BCUT2D eigenvalue weighted by molar-refractivity contribution is 0.123. The standard InChI is InChI=1S/C14H22O3/c1-5-12(10(2)15)8-11-6-7-13(16-3)14(9-11)17-4/h6-7,9-10,12,15H,5,8H2,1-4H3. The molecule has 0 aliphatic heterocycles. The van der Waals surface area contributed by atoms with Crippen LogP contribution < -0.4 is 9.47 Å². The van der Waals surface area contributed by atoms with E-state index < -0.39 is 0 Å². The summed E-state index contributed by atoms with van der Waals surface area (Å²) >= 11 is 0. The molecule has 3 heteroatoms. The second-order valence-corrected chi connectivity index (χ2v) is 4.30. The van der Waals surface area contributed by atoms with Crippen LogP contribution in [0.4, 0.5) is 0 Å². The van der Waals surface area contributed by atoms with Gasteiger partial charge >= 0.3 is 0 Å². The number of rotatable bonds is 6. The third-order valence-electron chi connectivity index (χ3n) is 3.15. The quantitative estimate of drug-likeness (QED) is 0.828. The lowest BCUT2D eigenvalue weighted by Crippen LogP contribution is -2.18. The van der Waals surface area contributed by atoms with Gasteiger partial charge in [-0.05, 0) is 37.0 Å². The maximum Gasteiger partial charge on any atom is 0.160 e. The van der Waals surface area contributed by atoms with E-state index in [2.05, 4.69) is 6.92 Å². The van der Waals surface area contributed by atoms with Crippen LogP contribution in [-0.4, -0.2) is 25.4 Å². The molecule has 0 aliphatic carbocycles. The van der Waals surface area contributed by atoms with Gasteiger partial charge in [0.25, 0.3) is 0 Å². The van der Waals surface area contributed by atoms with E-state index in [1.54, 1.807) is 14.2 Å². The summed E-state index contributed by atoms with van der Waals surface area (Å²) in [6.07, 6.45) is 1.54. The molecular formula is C14H22O3. The highest BCUT2D eigenvalue weighted by molar-refractivity contribution is 5.43. The molecule has 1 rings (SSSR count). The molecule has 1 aromatic rings. The number of hydrogen-bond acceptors (Lipinski definition) is 3. The molecule has 0 saturated heterocycles. The fourth-order valence-electron chi connectivity index (χ4n) is 1.97. The normalized spacial score (nSPS) is 14.2. The molecule has 0 spiro atoms. The smallest absolute Gasteiger partial charge is 0.160 e. The average Bonchev–Trinajstić information content (AvgIpc) is 2.35. The summed E-state index contributed by atoms with van der Waals surface area (Å²) in [6, 6.07) is 5.90. The first-order valence-corrected chi connectivity index (χ1v) is 6.01. The van der Waals surface area contributed by atoms with Crippen molar-refractivity contribution in [2.24, 2.45) is 5.92 Å². The minimum Gasteiger partial charge on any atom is -0.493 e. The van der Waals surface area contributed by atoms with E-state index in [0.717, 1.165) is 29.9 Å². The maximum atomic E-state index is 9.64. The summed E-state index contributed by atoms with van der Waals surface area (Å²) in [6.45, 7) is 3.94. The molecule has 0 aliphatic rings. The Kier molecular flexibility index (Phi) is 5.29. The molecule has 0 amide bonds. The predicted octanol–water partition coefficient (Wildman–Crippen LogP) is 2.65. The molecule has 3 nitrogen and oxygen atoms in total. The van der Waals surface area contributed by atoms with Crippen LogP contribution in [0.1, 0.15) is 25.8 Å². The van der Waals surface area contributed by atoms with Gasteiger partial charge in [0.2, 0.25) is 0 Å². The van der Waals surface area contributed by atoms with E-state index in [-0.39, 0.29) is 12.0 Å². The van der Waals surface area contributed by atoms with E-state index in [9.17, 15) is 5.11 Å². The largest absolute Gasteiger partial charge is 0.493 e. The molecule has 0 radical (unpaired) electrons. The van der Waals surface area contributed by atoms with Crippen molar-refractivity contribution in [2.45, 2.75) is 32.8 Å². The van der Waals surface area contributed by atoms with Crippen molar-refractivity contribution in [3.05, 3.63) is 23.8 Å². The summed E-state index contributed by atoms with van der Waals surface area (Å²) in [5, 5.41) is 9.64. The Hall–Kier alpha value is -1.22. The number of hydrogen-bond donors (Lipinski definition) is 1. The van der Waals surface area contributed by atoms with Crippen LogP contribution in [0.25, 0.3) is 0 Å². The van der Waals surface area contributed by atoms with Gasteiger partial charge in [-0.2, -0.15) is 0 Å². The van der Waals surface area contributed by atoms with Crippen LogP contribution in [0.15, 0.2) is 18.2 Å². The zero-order valence-electron chi connectivity index (χ0n) is 11.1. The molecule has 2 unspecified atom stereocenters.